The first-order valence-electron chi connectivity index (χ1n) is 7.31. The Bertz CT molecular complexity index is 329. The molecule has 110 valence electrons. The lowest BCUT2D eigenvalue weighted by atomic mass is 10.0. The van der Waals surface area contributed by atoms with Gasteiger partial charge in [0.2, 0.25) is 5.91 Å². The number of carbonyl (C=O) groups is 1. The second-order valence-electron chi connectivity index (χ2n) is 6.55. The van der Waals surface area contributed by atoms with Gasteiger partial charge in [-0.3, -0.25) is 9.69 Å². The molecule has 2 rings (SSSR count). The van der Waals surface area contributed by atoms with Crippen LogP contribution in [0.4, 0.5) is 0 Å². The van der Waals surface area contributed by atoms with Crippen molar-refractivity contribution in [2.24, 2.45) is 5.73 Å². The summed E-state index contributed by atoms with van der Waals surface area (Å²) in [6, 6.07) is 0.537. The summed E-state index contributed by atoms with van der Waals surface area (Å²) in [6.45, 7) is 8.45. The summed E-state index contributed by atoms with van der Waals surface area (Å²) >= 11 is 0. The molecule has 5 heteroatoms. The quantitative estimate of drug-likeness (QED) is 0.762. The van der Waals surface area contributed by atoms with Gasteiger partial charge in [-0.1, -0.05) is 0 Å². The number of rotatable bonds is 5. The summed E-state index contributed by atoms with van der Waals surface area (Å²) < 4.78 is 5.90. The zero-order chi connectivity index (χ0) is 14.0. The van der Waals surface area contributed by atoms with Gasteiger partial charge in [0.15, 0.2) is 0 Å². The molecule has 0 radical (unpaired) electrons. The largest absolute Gasteiger partial charge is 0.370 e. The van der Waals surface area contributed by atoms with Gasteiger partial charge < -0.3 is 15.8 Å². The average molecular weight is 269 g/mol. The molecule has 1 saturated carbocycles. The third-order valence-corrected chi connectivity index (χ3v) is 3.75. The SMILES string of the molecule is CC1CN(C(CN)CC(=O)NC2CC2)CC(C)(C)O1. The molecule has 19 heavy (non-hydrogen) atoms. The number of amides is 1. The summed E-state index contributed by atoms with van der Waals surface area (Å²) in [6.07, 6.45) is 2.93. The van der Waals surface area contributed by atoms with Crippen LogP contribution in [-0.4, -0.2) is 54.2 Å². The van der Waals surface area contributed by atoms with Crippen LogP contribution >= 0.6 is 0 Å². The topological polar surface area (TPSA) is 67.6 Å². The van der Waals surface area contributed by atoms with Gasteiger partial charge in [0.25, 0.3) is 0 Å². The van der Waals surface area contributed by atoms with E-state index in [1.807, 2.05) is 0 Å². The van der Waals surface area contributed by atoms with E-state index in [0.29, 0.717) is 19.0 Å². The van der Waals surface area contributed by atoms with Crippen LogP contribution in [0.15, 0.2) is 0 Å². The lowest BCUT2D eigenvalue weighted by molar-refractivity contribution is -0.141. The molecule has 1 heterocycles. The van der Waals surface area contributed by atoms with Gasteiger partial charge in [-0.15, -0.1) is 0 Å². The molecule has 0 aromatic carbocycles. The number of hydrogen-bond acceptors (Lipinski definition) is 4. The predicted octanol–water partition coefficient (Wildman–Crippen LogP) is 0.482. The molecule has 5 nitrogen and oxygen atoms in total. The van der Waals surface area contributed by atoms with Crippen LogP contribution in [0, 0.1) is 0 Å². The van der Waals surface area contributed by atoms with Crippen molar-refractivity contribution >= 4 is 5.91 Å². The van der Waals surface area contributed by atoms with Crippen LogP contribution in [0.3, 0.4) is 0 Å². The van der Waals surface area contributed by atoms with Crippen molar-refractivity contribution in [1.29, 1.82) is 0 Å². The number of nitrogens with zero attached hydrogens (tertiary/aromatic N) is 1. The number of carbonyl (C=O) groups excluding carboxylic acids is 1. The van der Waals surface area contributed by atoms with Crippen molar-refractivity contribution in [2.45, 2.75) is 63.8 Å². The number of ether oxygens (including phenoxy) is 1. The second kappa shape index (κ2) is 5.77. The third-order valence-electron chi connectivity index (χ3n) is 3.75. The molecule has 0 aromatic rings. The summed E-state index contributed by atoms with van der Waals surface area (Å²) in [7, 11) is 0. The first-order chi connectivity index (χ1) is 8.89. The first kappa shape index (κ1) is 14.8. The Morgan fingerprint density at radius 2 is 2.21 bits per heavy atom. The highest BCUT2D eigenvalue weighted by molar-refractivity contribution is 5.77. The van der Waals surface area contributed by atoms with E-state index in [1.165, 1.54) is 0 Å². The average Bonchev–Trinajstić information content (AvgIpc) is 3.06. The van der Waals surface area contributed by atoms with E-state index in [0.717, 1.165) is 25.9 Å². The molecule has 2 aliphatic rings. The van der Waals surface area contributed by atoms with E-state index in [-0.39, 0.29) is 23.7 Å². The van der Waals surface area contributed by atoms with Gasteiger partial charge in [-0.05, 0) is 33.6 Å². The molecule has 1 aliphatic carbocycles. The molecule has 1 saturated heterocycles. The van der Waals surface area contributed by atoms with Crippen molar-refractivity contribution in [1.82, 2.24) is 10.2 Å². The minimum Gasteiger partial charge on any atom is -0.370 e. The maximum Gasteiger partial charge on any atom is 0.221 e. The van der Waals surface area contributed by atoms with Gasteiger partial charge >= 0.3 is 0 Å². The van der Waals surface area contributed by atoms with E-state index >= 15 is 0 Å². The third kappa shape index (κ3) is 4.44. The van der Waals surface area contributed by atoms with Crippen LogP contribution in [0.5, 0.6) is 0 Å². The molecule has 2 fully saturated rings. The molecule has 3 N–H and O–H groups in total. The number of morpholine rings is 1. The summed E-state index contributed by atoms with van der Waals surface area (Å²) in [4.78, 5) is 14.2. The van der Waals surface area contributed by atoms with Crippen LogP contribution in [0.2, 0.25) is 0 Å². The molecule has 1 amide bonds. The lowest BCUT2D eigenvalue weighted by Crippen LogP contribution is -2.57. The van der Waals surface area contributed by atoms with E-state index in [1.54, 1.807) is 0 Å². The van der Waals surface area contributed by atoms with Gasteiger partial charge in [0, 0.05) is 38.1 Å². The lowest BCUT2D eigenvalue weighted by Gasteiger charge is -2.44. The van der Waals surface area contributed by atoms with Gasteiger partial charge in [-0.25, -0.2) is 0 Å². The van der Waals surface area contributed by atoms with E-state index < -0.39 is 0 Å². The molecule has 0 bridgehead atoms. The van der Waals surface area contributed by atoms with Crippen molar-refractivity contribution in [3.05, 3.63) is 0 Å². The Morgan fingerprint density at radius 1 is 1.53 bits per heavy atom. The fraction of sp³-hybridized carbons (Fsp3) is 0.929. The zero-order valence-electron chi connectivity index (χ0n) is 12.3. The van der Waals surface area contributed by atoms with Crippen molar-refractivity contribution < 1.29 is 9.53 Å². The van der Waals surface area contributed by atoms with E-state index in [9.17, 15) is 4.79 Å². The maximum absolute atomic E-state index is 11.9. The minimum atomic E-state index is -0.169. The van der Waals surface area contributed by atoms with Crippen LogP contribution in [-0.2, 0) is 9.53 Å². The monoisotopic (exact) mass is 269 g/mol. The first-order valence-corrected chi connectivity index (χ1v) is 7.31. The number of nitrogens with two attached hydrogens (primary N) is 1. The highest BCUT2D eigenvalue weighted by atomic mass is 16.5. The second-order valence-corrected chi connectivity index (χ2v) is 6.55. The van der Waals surface area contributed by atoms with Crippen molar-refractivity contribution in [3.63, 3.8) is 0 Å². The molecular formula is C14H27N3O2. The van der Waals surface area contributed by atoms with E-state index in [2.05, 4.69) is 31.0 Å². The molecular weight excluding hydrogens is 242 g/mol. The fourth-order valence-electron chi connectivity index (χ4n) is 2.87. The smallest absolute Gasteiger partial charge is 0.221 e. The van der Waals surface area contributed by atoms with Crippen LogP contribution in [0.25, 0.3) is 0 Å². The van der Waals surface area contributed by atoms with Gasteiger partial charge in [0.1, 0.15) is 0 Å². The molecule has 2 atom stereocenters. The highest BCUT2D eigenvalue weighted by Crippen LogP contribution is 2.23. The van der Waals surface area contributed by atoms with Gasteiger partial charge in [-0.2, -0.15) is 0 Å². The van der Waals surface area contributed by atoms with Crippen molar-refractivity contribution in [2.75, 3.05) is 19.6 Å². The molecule has 2 unspecified atom stereocenters. The Labute approximate surface area is 115 Å². The Balaban J connectivity index is 1.89. The Morgan fingerprint density at radius 3 is 2.74 bits per heavy atom. The number of hydrogen-bond donors (Lipinski definition) is 2. The summed E-state index contributed by atoms with van der Waals surface area (Å²) in [5.74, 6) is 0.134. The Hall–Kier alpha value is -0.650. The van der Waals surface area contributed by atoms with Crippen molar-refractivity contribution in [3.8, 4) is 0 Å². The van der Waals surface area contributed by atoms with E-state index in [4.69, 9.17) is 10.5 Å². The maximum atomic E-state index is 11.9. The van der Waals surface area contributed by atoms with Gasteiger partial charge in [0.05, 0.1) is 11.7 Å². The van der Waals surface area contributed by atoms with Crippen LogP contribution in [0.1, 0.15) is 40.0 Å². The minimum absolute atomic E-state index is 0.115. The zero-order valence-corrected chi connectivity index (χ0v) is 12.3. The van der Waals surface area contributed by atoms with Crippen LogP contribution < -0.4 is 11.1 Å². The highest BCUT2D eigenvalue weighted by Gasteiger charge is 2.35. The summed E-state index contributed by atoms with van der Waals surface area (Å²) in [5, 5.41) is 3.04. The Kier molecular flexibility index (Phi) is 4.48. The number of nitrogens with one attached hydrogen (secondary N) is 1. The standard InChI is InChI=1S/C14H27N3O2/c1-10-8-17(9-14(2,3)19-10)12(7-15)6-13(18)16-11-4-5-11/h10-12H,4-9,15H2,1-3H3,(H,16,18). The summed E-state index contributed by atoms with van der Waals surface area (Å²) in [5.41, 5.74) is 5.70. The predicted molar refractivity (Wildman–Crippen MR) is 74.8 cm³/mol. The normalized spacial score (nSPS) is 28.9. The fourth-order valence-corrected chi connectivity index (χ4v) is 2.87. The molecule has 0 spiro atoms. The molecule has 0 aromatic heterocycles. The molecule has 1 aliphatic heterocycles.